The fraction of sp³-hybridized carbons (Fsp3) is 0.500. The molecule has 37 heavy (non-hydrogen) atoms. The molecule has 4 atom stereocenters. The third-order valence-electron chi connectivity index (χ3n) is 7.67. The SMILES string of the molecule is NC(=O)C1CC(CC2CCNC2=O)NC(c2ccc(Oc3ccc(F)cc3)c(CN3CCCCC3)c2)N1. The van der Waals surface area contributed by atoms with Crippen molar-refractivity contribution in [1.29, 1.82) is 0 Å². The summed E-state index contributed by atoms with van der Waals surface area (Å²) < 4.78 is 19.6. The summed E-state index contributed by atoms with van der Waals surface area (Å²) in [4.78, 5) is 26.8. The van der Waals surface area contributed by atoms with E-state index in [1.807, 2.05) is 12.1 Å². The summed E-state index contributed by atoms with van der Waals surface area (Å²) in [5.41, 5.74) is 7.72. The van der Waals surface area contributed by atoms with Crippen LogP contribution in [-0.2, 0) is 16.1 Å². The van der Waals surface area contributed by atoms with Crippen LogP contribution in [0.4, 0.5) is 4.39 Å². The molecule has 9 heteroatoms. The van der Waals surface area contributed by atoms with E-state index in [1.165, 1.54) is 31.4 Å². The first-order chi connectivity index (χ1) is 17.9. The Bertz CT molecular complexity index is 1110. The van der Waals surface area contributed by atoms with Crippen LogP contribution in [-0.4, -0.2) is 48.4 Å². The molecule has 0 bridgehead atoms. The highest BCUT2D eigenvalue weighted by Crippen LogP contribution is 2.32. The molecule has 0 saturated carbocycles. The Kier molecular flexibility index (Phi) is 8.02. The number of rotatable bonds is 8. The van der Waals surface area contributed by atoms with Gasteiger partial charge in [-0.2, -0.15) is 0 Å². The van der Waals surface area contributed by atoms with Crippen molar-refractivity contribution >= 4 is 11.8 Å². The van der Waals surface area contributed by atoms with E-state index in [-0.39, 0.29) is 29.8 Å². The first-order valence-corrected chi connectivity index (χ1v) is 13.3. The first-order valence-electron chi connectivity index (χ1n) is 13.3. The number of likely N-dealkylation sites (tertiary alicyclic amines) is 1. The molecule has 4 unspecified atom stereocenters. The third kappa shape index (κ3) is 6.47. The second-order valence-electron chi connectivity index (χ2n) is 10.4. The number of carbonyl (C=O) groups excluding carboxylic acids is 2. The molecule has 2 aromatic rings. The van der Waals surface area contributed by atoms with Crippen LogP contribution in [0.3, 0.4) is 0 Å². The van der Waals surface area contributed by atoms with Gasteiger partial charge in [0.25, 0.3) is 0 Å². The number of primary amides is 1. The zero-order valence-electron chi connectivity index (χ0n) is 21.0. The summed E-state index contributed by atoms with van der Waals surface area (Å²) in [6.07, 6.45) is 5.33. The molecular formula is C28H36FN5O3. The van der Waals surface area contributed by atoms with Crippen molar-refractivity contribution in [3.8, 4) is 11.5 Å². The van der Waals surface area contributed by atoms with E-state index in [2.05, 4.69) is 26.9 Å². The van der Waals surface area contributed by atoms with Crippen LogP contribution in [0.5, 0.6) is 11.5 Å². The first kappa shape index (κ1) is 25.6. The van der Waals surface area contributed by atoms with Gasteiger partial charge in [0.1, 0.15) is 17.3 Å². The van der Waals surface area contributed by atoms with Gasteiger partial charge < -0.3 is 15.8 Å². The number of nitrogens with one attached hydrogen (secondary N) is 3. The van der Waals surface area contributed by atoms with Gasteiger partial charge in [-0.25, -0.2) is 4.39 Å². The molecule has 3 aliphatic heterocycles. The zero-order chi connectivity index (χ0) is 25.8. The molecule has 0 aliphatic carbocycles. The molecule has 2 aromatic carbocycles. The summed E-state index contributed by atoms with van der Waals surface area (Å²) in [6.45, 7) is 3.51. The maximum Gasteiger partial charge on any atom is 0.234 e. The van der Waals surface area contributed by atoms with Crippen molar-refractivity contribution in [2.24, 2.45) is 11.7 Å². The van der Waals surface area contributed by atoms with Crippen LogP contribution < -0.4 is 26.4 Å². The number of ether oxygens (including phenoxy) is 1. The number of amides is 2. The van der Waals surface area contributed by atoms with Gasteiger partial charge in [0.05, 0.1) is 12.2 Å². The predicted molar refractivity (Wildman–Crippen MR) is 138 cm³/mol. The Morgan fingerprint density at radius 1 is 1.08 bits per heavy atom. The normalized spacial score (nSPS) is 26.6. The van der Waals surface area contributed by atoms with Gasteiger partial charge in [0, 0.05) is 30.6 Å². The van der Waals surface area contributed by atoms with Gasteiger partial charge in [-0.1, -0.05) is 12.5 Å². The summed E-state index contributed by atoms with van der Waals surface area (Å²) >= 11 is 0. The van der Waals surface area contributed by atoms with Crippen molar-refractivity contribution in [3.05, 3.63) is 59.4 Å². The lowest BCUT2D eigenvalue weighted by Gasteiger charge is -2.37. The van der Waals surface area contributed by atoms with Crippen LogP contribution in [0.2, 0.25) is 0 Å². The highest BCUT2D eigenvalue weighted by Gasteiger charge is 2.35. The number of benzene rings is 2. The predicted octanol–water partition coefficient (Wildman–Crippen LogP) is 2.93. The van der Waals surface area contributed by atoms with E-state index in [0.717, 1.165) is 42.9 Å². The molecule has 8 nitrogen and oxygen atoms in total. The van der Waals surface area contributed by atoms with Crippen LogP contribution >= 0.6 is 0 Å². The minimum atomic E-state index is -0.485. The Morgan fingerprint density at radius 3 is 2.57 bits per heavy atom. The van der Waals surface area contributed by atoms with E-state index in [9.17, 15) is 14.0 Å². The number of hydrogen-bond donors (Lipinski definition) is 4. The fourth-order valence-corrected chi connectivity index (χ4v) is 5.66. The van der Waals surface area contributed by atoms with E-state index in [1.54, 1.807) is 12.1 Å². The van der Waals surface area contributed by atoms with Gasteiger partial charge >= 0.3 is 0 Å². The lowest BCUT2D eigenvalue weighted by molar-refractivity contribution is -0.122. The zero-order valence-corrected chi connectivity index (χ0v) is 21.0. The van der Waals surface area contributed by atoms with Gasteiger partial charge in [-0.05, 0) is 87.2 Å². The maximum absolute atomic E-state index is 13.4. The second-order valence-corrected chi connectivity index (χ2v) is 10.4. The standard InChI is InChI=1S/C28H36FN5O3/c29-21-5-7-23(8-6-21)37-25-9-4-18(14-20(25)17-34-12-2-1-3-13-34)27-32-22(16-24(33-27)26(30)35)15-19-10-11-31-28(19)36/h4-9,14,19,22,24,27,32-33H,1-3,10-13,15-17H2,(H2,30,35)(H,31,36). The number of halogens is 1. The van der Waals surface area contributed by atoms with Crippen molar-refractivity contribution < 1.29 is 18.7 Å². The average Bonchev–Trinajstić information content (AvgIpc) is 3.30. The van der Waals surface area contributed by atoms with Gasteiger partial charge in [-0.3, -0.25) is 25.1 Å². The third-order valence-corrected chi connectivity index (χ3v) is 7.67. The lowest BCUT2D eigenvalue weighted by atomic mass is 9.90. The van der Waals surface area contributed by atoms with Crippen LogP contribution in [0.25, 0.3) is 0 Å². The largest absolute Gasteiger partial charge is 0.457 e. The number of piperidine rings is 1. The van der Waals surface area contributed by atoms with E-state index in [4.69, 9.17) is 10.5 Å². The molecule has 0 spiro atoms. The highest BCUT2D eigenvalue weighted by molar-refractivity contribution is 5.81. The molecule has 3 aliphatic rings. The molecular weight excluding hydrogens is 473 g/mol. The quantitative estimate of drug-likeness (QED) is 0.436. The number of hydrogen-bond acceptors (Lipinski definition) is 6. The summed E-state index contributed by atoms with van der Waals surface area (Å²) in [7, 11) is 0. The number of carbonyl (C=O) groups is 2. The Labute approximate surface area is 217 Å². The minimum Gasteiger partial charge on any atom is -0.457 e. The molecule has 3 fully saturated rings. The van der Waals surface area contributed by atoms with Crippen molar-refractivity contribution in [2.45, 2.75) is 63.3 Å². The molecule has 2 amide bonds. The smallest absolute Gasteiger partial charge is 0.234 e. The van der Waals surface area contributed by atoms with Crippen LogP contribution in [0.15, 0.2) is 42.5 Å². The Balaban J connectivity index is 1.39. The summed E-state index contributed by atoms with van der Waals surface area (Å²) in [5, 5.41) is 9.87. The Hall–Kier alpha value is -3.01. The molecule has 3 saturated heterocycles. The van der Waals surface area contributed by atoms with E-state index in [0.29, 0.717) is 25.1 Å². The lowest BCUT2D eigenvalue weighted by Crippen LogP contribution is -2.57. The molecule has 0 aromatic heterocycles. The topological polar surface area (TPSA) is 109 Å². The van der Waals surface area contributed by atoms with Crippen LogP contribution in [0.1, 0.15) is 55.8 Å². The Morgan fingerprint density at radius 2 is 1.86 bits per heavy atom. The summed E-state index contributed by atoms with van der Waals surface area (Å²) in [6, 6.07) is 11.6. The number of nitrogens with two attached hydrogens (primary N) is 1. The van der Waals surface area contributed by atoms with E-state index < -0.39 is 11.9 Å². The molecule has 3 heterocycles. The summed E-state index contributed by atoms with van der Waals surface area (Å²) in [5.74, 6) is 0.634. The fourth-order valence-electron chi connectivity index (χ4n) is 5.66. The molecule has 5 N–H and O–H groups in total. The van der Waals surface area contributed by atoms with Crippen molar-refractivity contribution in [3.63, 3.8) is 0 Å². The molecule has 198 valence electrons. The monoisotopic (exact) mass is 509 g/mol. The molecule has 5 rings (SSSR count). The maximum atomic E-state index is 13.4. The van der Waals surface area contributed by atoms with Gasteiger partial charge in [-0.15, -0.1) is 0 Å². The minimum absolute atomic E-state index is 0.0155. The van der Waals surface area contributed by atoms with E-state index >= 15 is 0 Å². The average molecular weight is 510 g/mol. The van der Waals surface area contributed by atoms with Crippen molar-refractivity contribution in [1.82, 2.24) is 20.9 Å². The highest BCUT2D eigenvalue weighted by atomic mass is 19.1. The second kappa shape index (κ2) is 11.6. The van der Waals surface area contributed by atoms with Crippen molar-refractivity contribution in [2.75, 3.05) is 19.6 Å². The molecule has 0 radical (unpaired) electrons. The van der Waals surface area contributed by atoms with Gasteiger partial charge in [0.15, 0.2) is 0 Å². The number of nitrogens with zero attached hydrogens (tertiary/aromatic N) is 1. The van der Waals surface area contributed by atoms with Crippen LogP contribution in [0, 0.1) is 11.7 Å². The van der Waals surface area contributed by atoms with Gasteiger partial charge in [0.2, 0.25) is 11.8 Å².